The van der Waals surface area contributed by atoms with Gasteiger partial charge in [0, 0.05) is 11.4 Å². The molecule has 2 nitrogen and oxygen atoms in total. The lowest BCUT2D eigenvalue weighted by atomic mass is 10.3. The summed E-state index contributed by atoms with van der Waals surface area (Å²) in [7, 11) is 0. The number of aromatic amines is 1. The van der Waals surface area contributed by atoms with Gasteiger partial charge in [-0.2, -0.15) is 0 Å². The van der Waals surface area contributed by atoms with E-state index in [1.807, 2.05) is 33.8 Å². The Labute approximate surface area is 104 Å². The van der Waals surface area contributed by atoms with Crippen molar-refractivity contribution in [1.82, 2.24) is 4.98 Å². The molecular weight excluding hydrogens is 210 g/mol. The lowest BCUT2D eigenvalue weighted by molar-refractivity contribution is 1.16. The topological polar surface area (TPSA) is 32.9 Å². The number of pyridine rings is 1. The average Bonchev–Trinajstić information content (AvgIpc) is 2.38. The molecule has 0 fully saturated rings. The Bertz CT molecular complexity index is 480. The molecule has 2 heteroatoms. The molecule has 0 saturated heterocycles. The number of hydrogen-bond donors (Lipinski definition) is 1. The van der Waals surface area contributed by atoms with E-state index in [0.29, 0.717) is 0 Å². The molecule has 0 unspecified atom stereocenters. The Morgan fingerprint density at radius 1 is 1.00 bits per heavy atom. The third-order valence-corrected chi connectivity index (χ3v) is 1.57. The van der Waals surface area contributed by atoms with Crippen LogP contribution >= 0.6 is 0 Å². The van der Waals surface area contributed by atoms with Crippen molar-refractivity contribution in [2.24, 2.45) is 0 Å². The summed E-state index contributed by atoms with van der Waals surface area (Å²) in [5.41, 5.74) is -0.116. The monoisotopic (exact) mass is 233 g/mol. The largest absolute Gasteiger partial charge is 0.322 e. The van der Waals surface area contributed by atoms with E-state index in [-0.39, 0.29) is 5.56 Å². The zero-order valence-electron chi connectivity index (χ0n) is 11.3. The van der Waals surface area contributed by atoms with Crippen LogP contribution in [-0.2, 0) is 0 Å². The molecule has 0 aliphatic rings. The predicted octanol–water partition coefficient (Wildman–Crippen LogP) is 2.36. The van der Waals surface area contributed by atoms with Gasteiger partial charge in [0.15, 0.2) is 0 Å². The second-order valence-electron chi connectivity index (χ2n) is 2.50. The summed E-state index contributed by atoms with van der Waals surface area (Å²) in [6.07, 6.45) is 6.88. The van der Waals surface area contributed by atoms with Crippen LogP contribution in [0.4, 0.5) is 0 Å². The summed E-state index contributed by atoms with van der Waals surface area (Å²) in [5, 5.41) is 1.68. The van der Waals surface area contributed by atoms with Gasteiger partial charge < -0.3 is 4.98 Å². The lowest BCUT2D eigenvalue weighted by Crippen LogP contribution is -2.33. The van der Waals surface area contributed by atoms with E-state index < -0.39 is 0 Å². The van der Waals surface area contributed by atoms with Crippen LogP contribution in [0.3, 0.4) is 0 Å². The van der Waals surface area contributed by atoms with Gasteiger partial charge in [-0.05, 0) is 17.4 Å². The second-order valence-corrected chi connectivity index (χ2v) is 2.50. The minimum Gasteiger partial charge on any atom is -0.322 e. The number of rotatable bonds is 2. The van der Waals surface area contributed by atoms with Gasteiger partial charge in [0.2, 0.25) is 5.56 Å². The molecule has 1 aromatic heterocycles. The molecule has 1 N–H and O–H groups in total. The Hall–Kier alpha value is -1.83. The molecule has 0 amide bonds. The molecule has 0 radical (unpaired) electrons. The van der Waals surface area contributed by atoms with Crippen LogP contribution in [0.5, 0.6) is 0 Å². The Morgan fingerprint density at radius 2 is 1.53 bits per heavy atom. The smallest absolute Gasteiger partial charge is 0.248 e. The van der Waals surface area contributed by atoms with Gasteiger partial charge in [-0.1, -0.05) is 59.1 Å². The molecule has 1 aromatic rings. The first kappa shape index (κ1) is 17.6. The maximum atomic E-state index is 11.0. The highest BCUT2D eigenvalue weighted by Crippen LogP contribution is 1.66. The van der Waals surface area contributed by atoms with Crippen LogP contribution in [0.15, 0.2) is 42.2 Å². The highest BCUT2D eigenvalue weighted by molar-refractivity contribution is 5.39. The summed E-state index contributed by atoms with van der Waals surface area (Å²) in [5.74, 6) is 0. The van der Waals surface area contributed by atoms with E-state index >= 15 is 0 Å². The summed E-state index contributed by atoms with van der Waals surface area (Å²) >= 11 is 0. The molecule has 0 aromatic carbocycles. The SMILES string of the molecule is C=C/C=c1/ccc(=O)[nH]/c1=C/C=C.CC.CC. The molecule has 0 aliphatic heterocycles. The van der Waals surface area contributed by atoms with E-state index in [1.54, 1.807) is 24.3 Å². The number of aromatic nitrogens is 1. The van der Waals surface area contributed by atoms with Gasteiger partial charge in [-0.3, -0.25) is 4.79 Å². The minimum atomic E-state index is -0.116. The molecule has 0 spiro atoms. The molecule has 0 aliphatic carbocycles. The van der Waals surface area contributed by atoms with Crippen LogP contribution in [0.1, 0.15) is 27.7 Å². The van der Waals surface area contributed by atoms with Crippen molar-refractivity contribution in [3.05, 3.63) is 58.4 Å². The van der Waals surface area contributed by atoms with Gasteiger partial charge in [-0.25, -0.2) is 0 Å². The maximum absolute atomic E-state index is 11.0. The molecule has 0 bridgehead atoms. The fourth-order valence-electron chi connectivity index (χ4n) is 1.03. The van der Waals surface area contributed by atoms with E-state index in [4.69, 9.17) is 0 Å². The third kappa shape index (κ3) is 7.12. The van der Waals surface area contributed by atoms with Crippen molar-refractivity contribution < 1.29 is 0 Å². The Kier molecular flexibility index (Phi) is 12.6. The number of hydrogen-bond acceptors (Lipinski definition) is 1. The third-order valence-electron chi connectivity index (χ3n) is 1.57. The molecule has 94 valence electrons. The van der Waals surface area contributed by atoms with Crippen molar-refractivity contribution >= 4 is 12.2 Å². The summed E-state index contributed by atoms with van der Waals surface area (Å²) in [6, 6.07) is 3.23. The molecule has 1 rings (SSSR count). The standard InChI is InChI=1S/C11H11NO.2C2H6/c1-3-5-9-7-8-11(13)12-10(9)6-4-2;2*1-2/h3-8H,1-2H2,(H,12,13);2*1-2H3/b9-5-,10-6+;;. The maximum Gasteiger partial charge on any atom is 0.248 e. The normalized spacial score (nSPS) is 10.6. The van der Waals surface area contributed by atoms with E-state index in [1.165, 1.54) is 6.07 Å². The van der Waals surface area contributed by atoms with Crippen molar-refractivity contribution in [2.75, 3.05) is 0 Å². The van der Waals surface area contributed by atoms with Crippen LogP contribution < -0.4 is 16.1 Å². The second kappa shape index (κ2) is 12.2. The first-order valence-electron chi connectivity index (χ1n) is 5.93. The number of allylic oxidation sites excluding steroid dienone is 2. The van der Waals surface area contributed by atoms with Gasteiger partial charge in [0.25, 0.3) is 0 Å². The summed E-state index contributed by atoms with van der Waals surface area (Å²) < 4.78 is 0. The first-order chi connectivity index (χ1) is 8.27. The van der Waals surface area contributed by atoms with Crippen molar-refractivity contribution in [1.29, 1.82) is 0 Å². The van der Waals surface area contributed by atoms with Gasteiger partial charge in [-0.15, -0.1) is 0 Å². The highest BCUT2D eigenvalue weighted by Gasteiger charge is 1.84. The fraction of sp³-hybridized carbons (Fsp3) is 0.267. The van der Waals surface area contributed by atoms with Crippen LogP contribution in [0.25, 0.3) is 12.2 Å². The van der Waals surface area contributed by atoms with Crippen molar-refractivity contribution in [3.8, 4) is 0 Å². The van der Waals surface area contributed by atoms with Gasteiger partial charge in [0.05, 0.1) is 0 Å². The van der Waals surface area contributed by atoms with Crippen molar-refractivity contribution in [2.45, 2.75) is 27.7 Å². The van der Waals surface area contributed by atoms with Crippen LogP contribution in [0.2, 0.25) is 0 Å². The lowest BCUT2D eigenvalue weighted by Gasteiger charge is -1.87. The molecule has 0 atom stereocenters. The zero-order chi connectivity index (χ0) is 13.7. The van der Waals surface area contributed by atoms with E-state index in [2.05, 4.69) is 18.1 Å². The zero-order valence-corrected chi connectivity index (χ0v) is 11.3. The quantitative estimate of drug-likeness (QED) is 0.835. The van der Waals surface area contributed by atoms with Gasteiger partial charge in [0.1, 0.15) is 0 Å². The van der Waals surface area contributed by atoms with Gasteiger partial charge >= 0.3 is 0 Å². The Morgan fingerprint density at radius 3 is 2.00 bits per heavy atom. The predicted molar refractivity (Wildman–Crippen MR) is 78.3 cm³/mol. The molecule has 0 saturated carbocycles. The molecule has 1 heterocycles. The highest BCUT2D eigenvalue weighted by atomic mass is 16.1. The van der Waals surface area contributed by atoms with E-state index in [0.717, 1.165) is 10.6 Å². The van der Waals surface area contributed by atoms with Crippen LogP contribution in [0, 0.1) is 0 Å². The summed E-state index contributed by atoms with van der Waals surface area (Å²) in [6.45, 7) is 15.2. The fourth-order valence-corrected chi connectivity index (χ4v) is 1.03. The summed E-state index contributed by atoms with van der Waals surface area (Å²) in [4.78, 5) is 13.7. The van der Waals surface area contributed by atoms with Crippen molar-refractivity contribution in [3.63, 3.8) is 0 Å². The average molecular weight is 233 g/mol. The van der Waals surface area contributed by atoms with E-state index in [9.17, 15) is 4.79 Å². The Balaban J connectivity index is 0. The molecule has 17 heavy (non-hydrogen) atoms. The number of nitrogens with one attached hydrogen (secondary N) is 1. The minimum absolute atomic E-state index is 0.116. The number of H-pyrrole nitrogens is 1. The van der Waals surface area contributed by atoms with Crippen LogP contribution in [-0.4, -0.2) is 4.98 Å². The molecular formula is C15H23NO. The first-order valence-corrected chi connectivity index (χ1v) is 5.93.